The first-order chi connectivity index (χ1) is 12.4. The van der Waals surface area contributed by atoms with Crippen molar-refractivity contribution in [2.24, 2.45) is 5.73 Å². The van der Waals surface area contributed by atoms with E-state index in [1.165, 1.54) is 22.4 Å². The van der Waals surface area contributed by atoms with Crippen molar-refractivity contribution in [3.63, 3.8) is 0 Å². The van der Waals surface area contributed by atoms with E-state index in [9.17, 15) is 0 Å². The Morgan fingerprint density at radius 3 is 2.16 bits per heavy atom. The Balaban J connectivity index is 1.85. The molecule has 0 aliphatic carbocycles. The average molecular weight is 326 g/mol. The van der Waals surface area contributed by atoms with Crippen molar-refractivity contribution in [2.75, 3.05) is 11.4 Å². The molecule has 0 bridgehead atoms. The molecule has 4 rings (SSSR count). The Labute approximate surface area is 149 Å². The number of hydrogen-bond donors (Lipinski definition) is 1. The lowest BCUT2D eigenvalue weighted by molar-refractivity contribution is 0.585. The summed E-state index contributed by atoms with van der Waals surface area (Å²) in [6.07, 6.45) is 4.51. The van der Waals surface area contributed by atoms with Gasteiger partial charge in [-0.3, -0.25) is 0 Å². The molecule has 0 amide bonds. The molecule has 0 spiro atoms. The minimum absolute atomic E-state index is 0.123. The molecule has 124 valence electrons. The molecule has 1 aliphatic heterocycles. The third kappa shape index (κ3) is 2.97. The minimum Gasteiger partial charge on any atom is -0.352 e. The SMILES string of the molecule is NCC(c1ccccc1)N1c2ccccc2C=C[C@@H]1c1ccccc1. The summed E-state index contributed by atoms with van der Waals surface area (Å²) in [4.78, 5) is 2.46. The summed E-state index contributed by atoms with van der Waals surface area (Å²) >= 11 is 0. The molecular weight excluding hydrogens is 304 g/mol. The van der Waals surface area contributed by atoms with E-state index in [-0.39, 0.29) is 12.1 Å². The maximum Gasteiger partial charge on any atom is 0.0737 e. The van der Waals surface area contributed by atoms with Crippen molar-refractivity contribution in [2.45, 2.75) is 12.1 Å². The van der Waals surface area contributed by atoms with E-state index in [1.54, 1.807) is 0 Å². The first kappa shape index (κ1) is 15.7. The van der Waals surface area contributed by atoms with Crippen molar-refractivity contribution in [1.82, 2.24) is 0 Å². The lowest BCUT2D eigenvalue weighted by Gasteiger charge is -2.41. The molecule has 2 N–H and O–H groups in total. The van der Waals surface area contributed by atoms with E-state index in [4.69, 9.17) is 5.73 Å². The van der Waals surface area contributed by atoms with Crippen LogP contribution in [0.5, 0.6) is 0 Å². The second-order valence-corrected chi connectivity index (χ2v) is 6.34. The van der Waals surface area contributed by atoms with Gasteiger partial charge in [-0.2, -0.15) is 0 Å². The molecule has 0 saturated carbocycles. The number of fused-ring (bicyclic) bond motifs is 1. The summed E-state index contributed by atoms with van der Waals surface area (Å²) in [7, 11) is 0. The molecular formula is C23H22N2. The van der Waals surface area contributed by atoms with E-state index in [2.05, 4.69) is 102 Å². The van der Waals surface area contributed by atoms with Crippen molar-refractivity contribution in [3.05, 3.63) is 108 Å². The Hall–Kier alpha value is -2.84. The number of para-hydroxylation sites is 1. The third-order valence-corrected chi connectivity index (χ3v) is 4.86. The normalized spacial score (nSPS) is 17.2. The molecule has 1 heterocycles. The van der Waals surface area contributed by atoms with Crippen LogP contribution in [0.15, 0.2) is 91.0 Å². The Morgan fingerprint density at radius 1 is 0.800 bits per heavy atom. The summed E-state index contributed by atoms with van der Waals surface area (Å²) in [5.41, 5.74) is 11.3. The van der Waals surface area contributed by atoms with Crippen LogP contribution in [0.4, 0.5) is 5.69 Å². The highest BCUT2D eigenvalue weighted by atomic mass is 15.2. The molecule has 25 heavy (non-hydrogen) atoms. The van der Waals surface area contributed by atoms with Crippen LogP contribution in [0.1, 0.15) is 28.8 Å². The predicted molar refractivity (Wildman–Crippen MR) is 105 cm³/mol. The summed E-state index contributed by atoms with van der Waals surface area (Å²) in [6.45, 7) is 0.565. The van der Waals surface area contributed by atoms with Crippen molar-refractivity contribution >= 4 is 11.8 Å². The van der Waals surface area contributed by atoms with Gasteiger partial charge in [0.05, 0.1) is 12.1 Å². The fraction of sp³-hybridized carbons (Fsp3) is 0.130. The van der Waals surface area contributed by atoms with Gasteiger partial charge >= 0.3 is 0 Å². The van der Waals surface area contributed by atoms with Crippen LogP contribution in [0.2, 0.25) is 0 Å². The topological polar surface area (TPSA) is 29.3 Å². The van der Waals surface area contributed by atoms with Gasteiger partial charge in [0.1, 0.15) is 0 Å². The summed E-state index contributed by atoms with van der Waals surface area (Å²) in [5.74, 6) is 0. The number of rotatable bonds is 4. The number of nitrogens with two attached hydrogens (primary N) is 1. The summed E-state index contributed by atoms with van der Waals surface area (Å²) < 4.78 is 0. The van der Waals surface area contributed by atoms with Gasteiger partial charge in [-0.1, -0.05) is 91.0 Å². The number of anilines is 1. The molecule has 1 unspecified atom stereocenters. The fourth-order valence-electron chi connectivity index (χ4n) is 3.67. The van der Waals surface area contributed by atoms with E-state index in [0.717, 1.165) is 0 Å². The zero-order valence-electron chi connectivity index (χ0n) is 14.1. The Bertz CT molecular complexity index is 856. The molecule has 2 atom stereocenters. The summed E-state index contributed by atoms with van der Waals surface area (Å²) in [5, 5.41) is 0. The Kier molecular flexibility index (Phi) is 4.36. The zero-order chi connectivity index (χ0) is 17.1. The van der Waals surface area contributed by atoms with Crippen LogP contribution < -0.4 is 10.6 Å². The lowest BCUT2D eigenvalue weighted by atomic mass is 9.93. The van der Waals surface area contributed by atoms with Crippen molar-refractivity contribution in [1.29, 1.82) is 0 Å². The molecule has 3 aromatic rings. The minimum atomic E-state index is 0.123. The molecule has 3 aromatic carbocycles. The van der Waals surface area contributed by atoms with E-state index in [0.29, 0.717) is 6.54 Å². The molecule has 2 nitrogen and oxygen atoms in total. The first-order valence-corrected chi connectivity index (χ1v) is 8.74. The summed E-state index contributed by atoms with van der Waals surface area (Å²) in [6, 6.07) is 30.0. The standard InChI is InChI=1S/C23H22N2/c24-17-23(19-11-5-2-6-12-19)25-21-14-8-7-13-20(21)15-16-22(25)18-9-3-1-4-10-18/h1-16,22-23H,17,24H2/t22-,23?/m1/s1. The average Bonchev–Trinajstić information content (AvgIpc) is 2.70. The van der Waals surface area contributed by atoms with Gasteiger partial charge in [0, 0.05) is 12.2 Å². The van der Waals surface area contributed by atoms with Gasteiger partial charge in [-0.15, -0.1) is 0 Å². The second kappa shape index (κ2) is 6.96. The Morgan fingerprint density at radius 2 is 1.44 bits per heavy atom. The maximum absolute atomic E-state index is 6.27. The first-order valence-electron chi connectivity index (χ1n) is 8.74. The van der Waals surface area contributed by atoms with Crippen LogP contribution >= 0.6 is 0 Å². The van der Waals surface area contributed by atoms with Crippen LogP contribution in [-0.4, -0.2) is 6.54 Å². The number of nitrogens with zero attached hydrogens (tertiary/aromatic N) is 1. The number of benzene rings is 3. The molecule has 0 aromatic heterocycles. The molecule has 1 aliphatic rings. The van der Waals surface area contributed by atoms with Gasteiger partial charge in [-0.05, 0) is 22.8 Å². The zero-order valence-corrected chi connectivity index (χ0v) is 14.1. The van der Waals surface area contributed by atoms with Crippen LogP contribution in [0.25, 0.3) is 6.08 Å². The van der Waals surface area contributed by atoms with Crippen molar-refractivity contribution < 1.29 is 0 Å². The second-order valence-electron chi connectivity index (χ2n) is 6.34. The van der Waals surface area contributed by atoms with Crippen molar-refractivity contribution in [3.8, 4) is 0 Å². The highest BCUT2D eigenvalue weighted by Gasteiger charge is 2.30. The molecule has 2 heteroatoms. The largest absolute Gasteiger partial charge is 0.352 e. The third-order valence-electron chi connectivity index (χ3n) is 4.86. The predicted octanol–water partition coefficient (Wildman–Crippen LogP) is 4.96. The van der Waals surface area contributed by atoms with Crippen LogP contribution in [0, 0.1) is 0 Å². The smallest absolute Gasteiger partial charge is 0.0737 e. The monoisotopic (exact) mass is 326 g/mol. The lowest BCUT2D eigenvalue weighted by Crippen LogP contribution is -2.38. The van der Waals surface area contributed by atoms with Gasteiger partial charge in [0.2, 0.25) is 0 Å². The van der Waals surface area contributed by atoms with E-state index in [1.807, 2.05) is 0 Å². The number of hydrogen-bond acceptors (Lipinski definition) is 2. The van der Waals surface area contributed by atoms with E-state index >= 15 is 0 Å². The quantitative estimate of drug-likeness (QED) is 0.734. The molecule has 0 fully saturated rings. The van der Waals surface area contributed by atoms with Gasteiger partial charge < -0.3 is 10.6 Å². The van der Waals surface area contributed by atoms with Gasteiger partial charge in [-0.25, -0.2) is 0 Å². The maximum atomic E-state index is 6.27. The molecule has 0 saturated heterocycles. The van der Waals surface area contributed by atoms with Gasteiger partial charge in [0.25, 0.3) is 0 Å². The molecule has 0 radical (unpaired) electrons. The highest BCUT2D eigenvalue weighted by molar-refractivity contribution is 5.73. The van der Waals surface area contributed by atoms with Gasteiger partial charge in [0.15, 0.2) is 0 Å². The van der Waals surface area contributed by atoms with Crippen LogP contribution in [-0.2, 0) is 0 Å². The van der Waals surface area contributed by atoms with E-state index < -0.39 is 0 Å². The highest BCUT2D eigenvalue weighted by Crippen LogP contribution is 2.41. The fourth-order valence-corrected chi connectivity index (χ4v) is 3.67. The van der Waals surface area contributed by atoms with Crippen LogP contribution in [0.3, 0.4) is 0 Å².